The summed E-state index contributed by atoms with van der Waals surface area (Å²) in [5.74, 6) is -2.36. The van der Waals surface area contributed by atoms with E-state index in [9.17, 15) is 14.0 Å². The zero-order valence-electron chi connectivity index (χ0n) is 11.2. The third-order valence-electron chi connectivity index (χ3n) is 2.68. The van der Waals surface area contributed by atoms with Crippen molar-refractivity contribution in [3.8, 4) is 0 Å². The maximum absolute atomic E-state index is 13.5. The van der Waals surface area contributed by atoms with Gasteiger partial charge >= 0.3 is 5.97 Å². The van der Waals surface area contributed by atoms with E-state index in [1.165, 1.54) is 12.1 Å². The van der Waals surface area contributed by atoms with E-state index in [2.05, 4.69) is 5.32 Å². The Morgan fingerprint density at radius 2 is 2.00 bits per heavy atom. The number of benzene rings is 1. The second kappa shape index (κ2) is 6.31. The molecule has 1 aromatic carbocycles. The molecule has 0 aliphatic carbocycles. The molecule has 1 unspecified atom stereocenters. The van der Waals surface area contributed by atoms with Gasteiger partial charge in [-0.2, -0.15) is 0 Å². The molecule has 1 atom stereocenters. The summed E-state index contributed by atoms with van der Waals surface area (Å²) in [4.78, 5) is 22.9. The molecule has 19 heavy (non-hydrogen) atoms. The summed E-state index contributed by atoms with van der Waals surface area (Å²) < 4.78 is 13.5. The predicted molar refractivity (Wildman–Crippen MR) is 69.5 cm³/mol. The highest BCUT2D eigenvalue weighted by Gasteiger charge is 2.23. The van der Waals surface area contributed by atoms with E-state index in [-0.39, 0.29) is 11.5 Å². The van der Waals surface area contributed by atoms with E-state index >= 15 is 0 Å². The van der Waals surface area contributed by atoms with Gasteiger partial charge in [0.2, 0.25) is 0 Å². The minimum atomic E-state index is -1.12. The first-order chi connectivity index (χ1) is 8.81. The van der Waals surface area contributed by atoms with Gasteiger partial charge in [0, 0.05) is 0 Å². The highest BCUT2D eigenvalue weighted by atomic mass is 19.1. The van der Waals surface area contributed by atoms with Crippen LogP contribution in [0.4, 0.5) is 4.39 Å². The van der Waals surface area contributed by atoms with Gasteiger partial charge in [-0.1, -0.05) is 25.5 Å². The molecule has 0 aliphatic rings. The Morgan fingerprint density at radius 3 is 2.53 bits per heavy atom. The van der Waals surface area contributed by atoms with Gasteiger partial charge in [0.25, 0.3) is 5.91 Å². The fraction of sp³-hybridized carbons (Fsp3) is 0.429. The summed E-state index contributed by atoms with van der Waals surface area (Å²) in [6.45, 7) is 5.45. The van der Waals surface area contributed by atoms with Gasteiger partial charge in [0.15, 0.2) is 0 Å². The molecule has 1 rings (SSSR count). The molecule has 1 amide bonds. The Hall–Kier alpha value is -1.91. The molecule has 0 aromatic heterocycles. The van der Waals surface area contributed by atoms with Crippen LogP contribution < -0.4 is 5.32 Å². The molecular weight excluding hydrogens is 249 g/mol. The summed E-state index contributed by atoms with van der Waals surface area (Å²) >= 11 is 0. The molecule has 104 valence electrons. The molecule has 2 N–H and O–H groups in total. The summed E-state index contributed by atoms with van der Waals surface area (Å²) in [6.07, 6.45) is 0.300. The van der Waals surface area contributed by atoms with Gasteiger partial charge < -0.3 is 10.4 Å². The van der Waals surface area contributed by atoms with Crippen LogP contribution in [0.5, 0.6) is 0 Å². The molecule has 0 heterocycles. The lowest BCUT2D eigenvalue weighted by Crippen LogP contribution is -2.41. The third kappa shape index (κ3) is 4.35. The fourth-order valence-electron chi connectivity index (χ4n) is 1.74. The number of rotatable bonds is 5. The second-order valence-electron chi connectivity index (χ2n) is 4.98. The summed E-state index contributed by atoms with van der Waals surface area (Å²) in [5.41, 5.74) is 0.609. The van der Waals surface area contributed by atoms with E-state index < -0.39 is 23.7 Å². The number of halogens is 1. The number of carbonyl (C=O) groups is 2. The van der Waals surface area contributed by atoms with Crippen LogP contribution >= 0.6 is 0 Å². The van der Waals surface area contributed by atoms with Gasteiger partial charge in [-0.25, -0.2) is 9.18 Å². The molecule has 5 heteroatoms. The van der Waals surface area contributed by atoms with Gasteiger partial charge in [0.05, 0.1) is 5.56 Å². The van der Waals surface area contributed by atoms with E-state index in [1.807, 2.05) is 13.8 Å². The van der Waals surface area contributed by atoms with Crippen molar-refractivity contribution in [3.63, 3.8) is 0 Å². The van der Waals surface area contributed by atoms with E-state index in [0.717, 1.165) is 5.56 Å². The number of carboxylic acids is 1. The molecule has 0 bridgehead atoms. The largest absolute Gasteiger partial charge is 0.480 e. The first-order valence-electron chi connectivity index (χ1n) is 6.11. The van der Waals surface area contributed by atoms with Gasteiger partial charge in [-0.15, -0.1) is 0 Å². The first-order valence-corrected chi connectivity index (χ1v) is 6.11. The third-order valence-corrected chi connectivity index (χ3v) is 2.68. The number of nitrogens with one attached hydrogen (secondary N) is 1. The molecular formula is C14H18FNO3. The standard InChI is InChI=1S/C14H18FNO3/c1-8(2)6-12(14(18)19)16-13(17)10-7-9(3)4-5-11(10)15/h4-5,7-8,12H,6H2,1-3H3,(H,16,17)(H,18,19). The van der Waals surface area contributed by atoms with Crippen LogP contribution in [0.15, 0.2) is 18.2 Å². The van der Waals surface area contributed by atoms with Crippen LogP contribution in [0.25, 0.3) is 0 Å². The van der Waals surface area contributed by atoms with E-state index in [1.54, 1.807) is 13.0 Å². The van der Waals surface area contributed by atoms with Crippen LogP contribution in [0.2, 0.25) is 0 Å². The molecule has 1 aromatic rings. The summed E-state index contributed by atoms with van der Waals surface area (Å²) in [7, 11) is 0. The maximum Gasteiger partial charge on any atom is 0.326 e. The Labute approximate surface area is 111 Å². The smallest absolute Gasteiger partial charge is 0.326 e. The van der Waals surface area contributed by atoms with Crippen molar-refractivity contribution in [2.24, 2.45) is 5.92 Å². The van der Waals surface area contributed by atoms with Crippen molar-refractivity contribution in [2.75, 3.05) is 0 Å². The van der Waals surface area contributed by atoms with Crippen molar-refractivity contribution in [2.45, 2.75) is 33.2 Å². The zero-order chi connectivity index (χ0) is 14.6. The molecule has 0 fully saturated rings. The van der Waals surface area contributed by atoms with Crippen LogP contribution in [0, 0.1) is 18.7 Å². The summed E-state index contributed by atoms with van der Waals surface area (Å²) in [6, 6.07) is 3.14. The highest BCUT2D eigenvalue weighted by molar-refractivity contribution is 5.96. The Kier molecular flexibility index (Phi) is 5.03. The van der Waals surface area contributed by atoms with Crippen LogP contribution in [-0.4, -0.2) is 23.0 Å². The molecule has 0 radical (unpaired) electrons. The first kappa shape index (κ1) is 15.1. The van der Waals surface area contributed by atoms with Crippen molar-refractivity contribution in [3.05, 3.63) is 35.1 Å². The molecule has 0 spiro atoms. The average Bonchev–Trinajstić information content (AvgIpc) is 2.30. The van der Waals surface area contributed by atoms with Crippen molar-refractivity contribution in [1.29, 1.82) is 0 Å². The number of hydrogen-bond acceptors (Lipinski definition) is 2. The Morgan fingerprint density at radius 1 is 1.37 bits per heavy atom. The van der Waals surface area contributed by atoms with Crippen molar-refractivity contribution in [1.82, 2.24) is 5.32 Å². The minimum Gasteiger partial charge on any atom is -0.480 e. The monoisotopic (exact) mass is 267 g/mol. The van der Waals surface area contributed by atoms with Crippen LogP contribution in [-0.2, 0) is 4.79 Å². The number of amides is 1. The second-order valence-corrected chi connectivity index (χ2v) is 4.98. The average molecular weight is 267 g/mol. The summed E-state index contributed by atoms with van der Waals surface area (Å²) in [5, 5.41) is 11.4. The fourth-order valence-corrected chi connectivity index (χ4v) is 1.74. The minimum absolute atomic E-state index is 0.115. The van der Waals surface area contributed by atoms with E-state index in [4.69, 9.17) is 5.11 Å². The van der Waals surface area contributed by atoms with Crippen molar-refractivity contribution >= 4 is 11.9 Å². The van der Waals surface area contributed by atoms with Crippen LogP contribution in [0.1, 0.15) is 36.2 Å². The lowest BCUT2D eigenvalue weighted by molar-refractivity contribution is -0.139. The van der Waals surface area contributed by atoms with E-state index in [0.29, 0.717) is 6.42 Å². The number of aryl methyl sites for hydroxylation is 1. The normalized spacial score (nSPS) is 12.3. The highest BCUT2D eigenvalue weighted by Crippen LogP contribution is 2.11. The SMILES string of the molecule is Cc1ccc(F)c(C(=O)NC(CC(C)C)C(=O)O)c1. The van der Waals surface area contributed by atoms with Gasteiger partial charge in [-0.3, -0.25) is 4.79 Å². The molecule has 0 saturated carbocycles. The maximum atomic E-state index is 13.5. The molecule has 0 aliphatic heterocycles. The zero-order valence-corrected chi connectivity index (χ0v) is 11.2. The number of carbonyl (C=O) groups excluding carboxylic acids is 1. The molecule has 4 nitrogen and oxygen atoms in total. The van der Waals surface area contributed by atoms with Gasteiger partial charge in [0.1, 0.15) is 11.9 Å². The lowest BCUT2D eigenvalue weighted by Gasteiger charge is -2.16. The topological polar surface area (TPSA) is 66.4 Å². The predicted octanol–water partition coefficient (Wildman–Crippen LogP) is 2.36. The number of aliphatic carboxylic acids is 1. The number of hydrogen-bond donors (Lipinski definition) is 2. The van der Waals surface area contributed by atoms with Crippen molar-refractivity contribution < 1.29 is 19.1 Å². The Bertz CT molecular complexity index is 486. The van der Waals surface area contributed by atoms with Gasteiger partial charge in [-0.05, 0) is 31.4 Å². The van der Waals surface area contributed by atoms with Crippen LogP contribution in [0.3, 0.4) is 0 Å². The number of carboxylic acid groups (broad SMARTS) is 1. The lowest BCUT2D eigenvalue weighted by atomic mass is 10.0. The molecule has 0 saturated heterocycles. The Balaban J connectivity index is 2.87. The quantitative estimate of drug-likeness (QED) is 0.860.